The van der Waals surface area contributed by atoms with Crippen LogP contribution < -0.4 is 15.4 Å². The summed E-state index contributed by atoms with van der Waals surface area (Å²) in [5.41, 5.74) is 1.50. The number of carbonyl (C=O) groups is 2. The van der Waals surface area contributed by atoms with Crippen molar-refractivity contribution in [2.75, 3.05) is 17.7 Å². The van der Waals surface area contributed by atoms with Gasteiger partial charge in [-0.2, -0.15) is 0 Å². The minimum absolute atomic E-state index is 0.139. The van der Waals surface area contributed by atoms with Gasteiger partial charge in [-0.15, -0.1) is 11.8 Å². The van der Waals surface area contributed by atoms with Crippen molar-refractivity contribution in [1.82, 2.24) is 5.32 Å². The first-order chi connectivity index (χ1) is 16.7. The van der Waals surface area contributed by atoms with Crippen LogP contribution in [0.4, 0.5) is 5.69 Å². The SMILES string of the molecule is O=C(Nc1ccccc1C(=O)NC1CCCCC1)c1ccc(OCCSc2ccccc2)cc1. The van der Waals surface area contributed by atoms with Crippen LogP contribution in [0.1, 0.15) is 52.8 Å². The number of benzene rings is 3. The molecule has 1 fully saturated rings. The summed E-state index contributed by atoms with van der Waals surface area (Å²) in [6, 6.07) is 24.6. The van der Waals surface area contributed by atoms with Gasteiger partial charge in [0.15, 0.2) is 0 Å². The maximum Gasteiger partial charge on any atom is 0.255 e. The molecule has 3 aromatic carbocycles. The van der Waals surface area contributed by atoms with Crippen LogP contribution in [0.2, 0.25) is 0 Å². The summed E-state index contributed by atoms with van der Waals surface area (Å²) in [6.45, 7) is 0.578. The second-order valence-corrected chi connectivity index (χ2v) is 9.51. The first-order valence-electron chi connectivity index (χ1n) is 11.8. The molecular formula is C28H30N2O3S. The molecule has 0 radical (unpaired) electrons. The largest absolute Gasteiger partial charge is 0.493 e. The number of carbonyl (C=O) groups excluding carboxylic acids is 2. The van der Waals surface area contributed by atoms with Gasteiger partial charge in [0.25, 0.3) is 11.8 Å². The maximum absolute atomic E-state index is 12.8. The molecule has 1 saturated carbocycles. The van der Waals surface area contributed by atoms with E-state index >= 15 is 0 Å². The van der Waals surface area contributed by atoms with E-state index in [0.717, 1.165) is 37.2 Å². The van der Waals surface area contributed by atoms with Crippen LogP contribution in [0.3, 0.4) is 0 Å². The molecular weight excluding hydrogens is 444 g/mol. The minimum atomic E-state index is -0.260. The highest BCUT2D eigenvalue weighted by Gasteiger charge is 2.19. The van der Waals surface area contributed by atoms with E-state index in [2.05, 4.69) is 22.8 Å². The smallest absolute Gasteiger partial charge is 0.255 e. The Hall–Kier alpha value is -3.25. The standard InChI is InChI=1S/C28H30N2O3S/c31-27(21-15-17-23(18-16-21)33-19-20-34-24-11-5-2-6-12-24)30-26-14-8-7-13-25(26)28(32)29-22-9-3-1-4-10-22/h2,5-8,11-18,22H,1,3-4,9-10,19-20H2,(H,29,32)(H,30,31). The Morgan fingerprint density at radius 2 is 1.53 bits per heavy atom. The lowest BCUT2D eigenvalue weighted by Crippen LogP contribution is -2.36. The first kappa shape index (κ1) is 23.9. The molecule has 0 bridgehead atoms. The molecule has 0 saturated heterocycles. The zero-order chi connectivity index (χ0) is 23.6. The van der Waals surface area contributed by atoms with Gasteiger partial charge in [0.05, 0.1) is 17.9 Å². The summed E-state index contributed by atoms with van der Waals surface area (Å²) in [5, 5.41) is 6.01. The summed E-state index contributed by atoms with van der Waals surface area (Å²) in [6.07, 6.45) is 5.55. The fraction of sp³-hybridized carbons (Fsp3) is 0.286. The van der Waals surface area contributed by atoms with Crippen molar-refractivity contribution in [2.45, 2.75) is 43.0 Å². The molecule has 34 heavy (non-hydrogen) atoms. The Bertz CT molecular complexity index is 1080. The molecule has 2 amide bonds. The van der Waals surface area contributed by atoms with Crippen molar-refractivity contribution in [1.29, 1.82) is 0 Å². The third-order valence-electron chi connectivity index (χ3n) is 5.84. The quantitative estimate of drug-likeness (QED) is 0.287. The van der Waals surface area contributed by atoms with E-state index in [1.165, 1.54) is 11.3 Å². The van der Waals surface area contributed by atoms with Gasteiger partial charge in [0.2, 0.25) is 0 Å². The number of nitrogens with one attached hydrogen (secondary N) is 2. The average molecular weight is 475 g/mol. The van der Waals surface area contributed by atoms with E-state index in [9.17, 15) is 9.59 Å². The van der Waals surface area contributed by atoms with E-state index in [1.807, 2.05) is 30.3 Å². The molecule has 1 aliphatic carbocycles. The highest BCUT2D eigenvalue weighted by molar-refractivity contribution is 7.99. The fourth-order valence-electron chi connectivity index (χ4n) is 4.03. The number of amides is 2. The molecule has 0 aromatic heterocycles. The number of rotatable bonds is 9. The maximum atomic E-state index is 12.8. The molecule has 176 valence electrons. The molecule has 0 aliphatic heterocycles. The summed E-state index contributed by atoms with van der Waals surface area (Å²) < 4.78 is 5.80. The van der Waals surface area contributed by atoms with Gasteiger partial charge in [-0.3, -0.25) is 9.59 Å². The van der Waals surface area contributed by atoms with Crippen molar-refractivity contribution in [3.8, 4) is 5.75 Å². The van der Waals surface area contributed by atoms with Crippen molar-refractivity contribution in [3.63, 3.8) is 0 Å². The lowest BCUT2D eigenvalue weighted by Gasteiger charge is -2.23. The highest BCUT2D eigenvalue weighted by Crippen LogP contribution is 2.22. The lowest BCUT2D eigenvalue weighted by atomic mass is 9.95. The van der Waals surface area contributed by atoms with Gasteiger partial charge in [-0.25, -0.2) is 0 Å². The van der Waals surface area contributed by atoms with Gasteiger partial charge in [-0.1, -0.05) is 49.6 Å². The van der Waals surface area contributed by atoms with Gasteiger partial charge < -0.3 is 15.4 Å². The molecule has 5 nitrogen and oxygen atoms in total. The molecule has 3 aromatic rings. The third-order valence-corrected chi connectivity index (χ3v) is 6.82. The van der Waals surface area contributed by atoms with Crippen LogP contribution in [0.15, 0.2) is 83.8 Å². The van der Waals surface area contributed by atoms with Gasteiger partial charge in [-0.05, 0) is 61.4 Å². The van der Waals surface area contributed by atoms with Crippen molar-refractivity contribution in [2.24, 2.45) is 0 Å². The second-order valence-electron chi connectivity index (χ2n) is 8.34. The predicted octanol–water partition coefficient (Wildman–Crippen LogP) is 6.17. The zero-order valence-electron chi connectivity index (χ0n) is 19.2. The Labute approximate surface area is 205 Å². The summed E-state index contributed by atoms with van der Waals surface area (Å²) >= 11 is 1.74. The number of anilines is 1. The first-order valence-corrected chi connectivity index (χ1v) is 12.8. The second kappa shape index (κ2) is 12.3. The van der Waals surface area contributed by atoms with E-state index in [4.69, 9.17) is 4.74 Å². The molecule has 4 rings (SSSR count). The number of thioether (sulfide) groups is 1. The Balaban J connectivity index is 1.30. The Kier molecular flexibility index (Phi) is 8.63. The fourth-order valence-corrected chi connectivity index (χ4v) is 4.78. The van der Waals surface area contributed by atoms with Gasteiger partial charge in [0.1, 0.15) is 5.75 Å². The number of para-hydroxylation sites is 1. The minimum Gasteiger partial charge on any atom is -0.493 e. The van der Waals surface area contributed by atoms with Crippen molar-refractivity contribution < 1.29 is 14.3 Å². The average Bonchev–Trinajstić information content (AvgIpc) is 2.88. The van der Waals surface area contributed by atoms with E-state index in [-0.39, 0.29) is 17.9 Å². The predicted molar refractivity (Wildman–Crippen MR) is 138 cm³/mol. The number of ether oxygens (including phenoxy) is 1. The summed E-state index contributed by atoms with van der Waals surface area (Å²) in [4.78, 5) is 26.9. The molecule has 6 heteroatoms. The van der Waals surface area contributed by atoms with Crippen LogP contribution in [0, 0.1) is 0 Å². The monoisotopic (exact) mass is 474 g/mol. The molecule has 0 heterocycles. The summed E-state index contributed by atoms with van der Waals surface area (Å²) in [7, 11) is 0. The zero-order valence-corrected chi connectivity index (χ0v) is 20.0. The molecule has 2 N–H and O–H groups in total. The van der Waals surface area contributed by atoms with Crippen LogP contribution in [-0.2, 0) is 0 Å². The van der Waals surface area contributed by atoms with E-state index in [1.54, 1.807) is 48.2 Å². The Morgan fingerprint density at radius 1 is 0.824 bits per heavy atom. The van der Waals surface area contributed by atoms with E-state index < -0.39 is 0 Å². The van der Waals surface area contributed by atoms with Crippen LogP contribution in [0.5, 0.6) is 5.75 Å². The normalized spacial score (nSPS) is 13.8. The third kappa shape index (κ3) is 6.87. The van der Waals surface area contributed by atoms with Crippen molar-refractivity contribution >= 4 is 29.3 Å². The van der Waals surface area contributed by atoms with E-state index in [0.29, 0.717) is 23.4 Å². The highest BCUT2D eigenvalue weighted by atomic mass is 32.2. The molecule has 0 spiro atoms. The van der Waals surface area contributed by atoms with Crippen molar-refractivity contribution in [3.05, 3.63) is 90.0 Å². The van der Waals surface area contributed by atoms with Gasteiger partial charge in [0, 0.05) is 22.3 Å². The van der Waals surface area contributed by atoms with Crippen LogP contribution in [-0.4, -0.2) is 30.2 Å². The van der Waals surface area contributed by atoms with Crippen LogP contribution >= 0.6 is 11.8 Å². The summed E-state index contributed by atoms with van der Waals surface area (Å²) in [5.74, 6) is 1.16. The Morgan fingerprint density at radius 3 is 2.29 bits per heavy atom. The van der Waals surface area contributed by atoms with Crippen LogP contribution in [0.25, 0.3) is 0 Å². The molecule has 0 unspecified atom stereocenters. The number of hydrogen-bond donors (Lipinski definition) is 2. The molecule has 0 atom stereocenters. The van der Waals surface area contributed by atoms with Gasteiger partial charge >= 0.3 is 0 Å². The lowest BCUT2D eigenvalue weighted by molar-refractivity contribution is 0.0928. The number of hydrogen-bond acceptors (Lipinski definition) is 4. The topological polar surface area (TPSA) is 67.4 Å². The molecule has 1 aliphatic rings.